The van der Waals surface area contributed by atoms with Crippen LogP contribution in [-0.2, 0) is 0 Å². The first-order valence-electron chi connectivity index (χ1n) is 6.80. The first-order chi connectivity index (χ1) is 10.1. The Morgan fingerprint density at radius 2 is 1.90 bits per heavy atom. The van der Waals surface area contributed by atoms with Gasteiger partial charge in [0.05, 0.1) is 11.6 Å². The number of hydrogen-bond acceptors (Lipinski definition) is 3. The molecule has 0 aliphatic heterocycles. The maximum atomic E-state index is 12.2. The van der Waals surface area contributed by atoms with Crippen LogP contribution < -0.4 is 10.6 Å². The van der Waals surface area contributed by atoms with Crippen LogP contribution in [0, 0.1) is 18.3 Å². The van der Waals surface area contributed by atoms with Crippen molar-refractivity contribution >= 4 is 17.3 Å². The fourth-order valence-electron chi connectivity index (χ4n) is 1.96. The molecule has 0 fully saturated rings. The van der Waals surface area contributed by atoms with Gasteiger partial charge < -0.3 is 10.6 Å². The van der Waals surface area contributed by atoms with E-state index < -0.39 is 0 Å². The Morgan fingerprint density at radius 1 is 1.19 bits per heavy atom. The molecule has 2 rings (SSSR count). The third-order valence-corrected chi connectivity index (χ3v) is 3.14. The van der Waals surface area contributed by atoms with Gasteiger partial charge in [-0.05, 0) is 55.8 Å². The van der Waals surface area contributed by atoms with Crippen molar-refractivity contribution < 1.29 is 4.79 Å². The van der Waals surface area contributed by atoms with Gasteiger partial charge in [-0.15, -0.1) is 0 Å². The Bertz CT molecular complexity index is 684. The van der Waals surface area contributed by atoms with Crippen molar-refractivity contribution in [3.63, 3.8) is 0 Å². The summed E-state index contributed by atoms with van der Waals surface area (Å²) < 4.78 is 0. The van der Waals surface area contributed by atoms with Crippen molar-refractivity contribution in [3.05, 3.63) is 59.2 Å². The first kappa shape index (κ1) is 14.6. The summed E-state index contributed by atoms with van der Waals surface area (Å²) in [4.78, 5) is 12.2. The van der Waals surface area contributed by atoms with Gasteiger partial charge in [-0.3, -0.25) is 4.79 Å². The number of amides is 1. The number of nitriles is 1. The lowest BCUT2D eigenvalue weighted by Crippen LogP contribution is -2.13. The van der Waals surface area contributed by atoms with E-state index in [0.29, 0.717) is 16.8 Å². The maximum Gasteiger partial charge on any atom is 0.255 e. The highest BCUT2D eigenvalue weighted by molar-refractivity contribution is 6.04. The molecule has 4 heteroatoms. The van der Waals surface area contributed by atoms with Crippen molar-refractivity contribution in [1.29, 1.82) is 5.26 Å². The molecule has 0 aliphatic carbocycles. The average Bonchev–Trinajstić information content (AvgIpc) is 2.50. The van der Waals surface area contributed by atoms with Gasteiger partial charge in [-0.2, -0.15) is 5.26 Å². The Morgan fingerprint density at radius 3 is 2.52 bits per heavy atom. The predicted molar refractivity (Wildman–Crippen MR) is 84.5 cm³/mol. The van der Waals surface area contributed by atoms with E-state index in [2.05, 4.69) is 16.7 Å². The molecule has 0 saturated heterocycles. The fraction of sp³-hybridized carbons (Fsp3) is 0.176. The summed E-state index contributed by atoms with van der Waals surface area (Å²) in [6, 6.07) is 14.6. The summed E-state index contributed by atoms with van der Waals surface area (Å²) in [5.74, 6) is -0.184. The highest BCUT2D eigenvalue weighted by Gasteiger charge is 2.08. The number of hydrogen-bond donors (Lipinski definition) is 2. The predicted octanol–water partition coefficient (Wildman–Crippen LogP) is 3.55. The van der Waals surface area contributed by atoms with E-state index in [9.17, 15) is 4.79 Å². The first-order valence-corrected chi connectivity index (χ1v) is 6.80. The van der Waals surface area contributed by atoms with E-state index in [1.165, 1.54) is 0 Å². The van der Waals surface area contributed by atoms with Crippen molar-refractivity contribution in [2.24, 2.45) is 0 Å². The van der Waals surface area contributed by atoms with Crippen LogP contribution in [-0.4, -0.2) is 12.5 Å². The quantitative estimate of drug-likeness (QED) is 0.899. The zero-order valence-electron chi connectivity index (χ0n) is 12.1. The molecule has 0 aliphatic rings. The van der Waals surface area contributed by atoms with Crippen LogP contribution in [0.15, 0.2) is 42.5 Å². The molecular weight excluding hydrogens is 262 g/mol. The van der Waals surface area contributed by atoms with Gasteiger partial charge in [0.1, 0.15) is 0 Å². The highest BCUT2D eigenvalue weighted by Crippen LogP contribution is 2.18. The third kappa shape index (κ3) is 3.61. The molecule has 0 heterocycles. The zero-order valence-corrected chi connectivity index (χ0v) is 12.1. The van der Waals surface area contributed by atoms with Crippen LogP contribution in [0.25, 0.3) is 0 Å². The molecule has 1 amide bonds. The second-order valence-corrected chi connectivity index (χ2v) is 4.70. The second-order valence-electron chi connectivity index (χ2n) is 4.70. The van der Waals surface area contributed by atoms with Crippen LogP contribution in [0.2, 0.25) is 0 Å². The van der Waals surface area contributed by atoms with Gasteiger partial charge in [-0.1, -0.05) is 6.07 Å². The van der Waals surface area contributed by atoms with Gasteiger partial charge in [0.2, 0.25) is 0 Å². The Kier molecular flexibility index (Phi) is 4.57. The van der Waals surface area contributed by atoms with E-state index >= 15 is 0 Å². The van der Waals surface area contributed by atoms with Crippen molar-refractivity contribution in [2.45, 2.75) is 13.8 Å². The van der Waals surface area contributed by atoms with Gasteiger partial charge in [0.25, 0.3) is 5.91 Å². The van der Waals surface area contributed by atoms with Gasteiger partial charge in [0.15, 0.2) is 0 Å². The van der Waals surface area contributed by atoms with E-state index in [1.807, 2.05) is 32.0 Å². The molecule has 106 valence electrons. The zero-order chi connectivity index (χ0) is 15.2. The Hall–Kier alpha value is -2.80. The van der Waals surface area contributed by atoms with E-state index in [4.69, 9.17) is 5.26 Å². The Labute approximate surface area is 124 Å². The summed E-state index contributed by atoms with van der Waals surface area (Å²) in [5, 5.41) is 14.9. The molecule has 2 aromatic carbocycles. The van der Waals surface area contributed by atoms with Crippen LogP contribution in [0.3, 0.4) is 0 Å². The average molecular weight is 279 g/mol. The minimum Gasteiger partial charge on any atom is -0.385 e. The number of carbonyl (C=O) groups is 1. The lowest BCUT2D eigenvalue weighted by molar-refractivity contribution is 0.102. The molecule has 0 spiro atoms. The number of nitrogens with zero attached hydrogens (tertiary/aromatic N) is 1. The normalized spacial score (nSPS) is 9.76. The molecule has 0 aromatic heterocycles. The molecule has 21 heavy (non-hydrogen) atoms. The van der Waals surface area contributed by atoms with Crippen LogP contribution >= 0.6 is 0 Å². The van der Waals surface area contributed by atoms with Crippen molar-refractivity contribution in [3.8, 4) is 6.07 Å². The number of aryl methyl sites for hydroxylation is 1. The third-order valence-electron chi connectivity index (χ3n) is 3.14. The maximum absolute atomic E-state index is 12.2. The molecule has 0 saturated carbocycles. The number of rotatable bonds is 4. The highest BCUT2D eigenvalue weighted by atomic mass is 16.1. The molecular formula is C17H17N3O. The largest absolute Gasteiger partial charge is 0.385 e. The monoisotopic (exact) mass is 279 g/mol. The smallest absolute Gasteiger partial charge is 0.255 e. The standard InChI is InChI=1S/C17H17N3O/c1-3-19-15-8-6-14(7-9-15)17(21)20-16-10-13(11-18)5-4-12(16)2/h4-10,19H,3H2,1-2H3,(H,20,21). The summed E-state index contributed by atoms with van der Waals surface area (Å²) >= 11 is 0. The van der Waals surface area contributed by atoms with Crippen molar-refractivity contribution in [1.82, 2.24) is 0 Å². The van der Waals surface area contributed by atoms with Crippen LogP contribution in [0.5, 0.6) is 0 Å². The minimum absolute atomic E-state index is 0.184. The molecule has 0 bridgehead atoms. The van der Waals surface area contributed by atoms with E-state index in [0.717, 1.165) is 17.8 Å². The second kappa shape index (κ2) is 6.58. The molecule has 0 radical (unpaired) electrons. The summed E-state index contributed by atoms with van der Waals surface area (Å²) in [5.41, 5.74) is 3.68. The van der Waals surface area contributed by atoms with E-state index in [1.54, 1.807) is 24.3 Å². The Balaban J connectivity index is 2.16. The number of nitrogens with one attached hydrogen (secondary N) is 2. The van der Waals surface area contributed by atoms with E-state index in [-0.39, 0.29) is 5.91 Å². The molecule has 0 unspecified atom stereocenters. The number of carbonyl (C=O) groups excluding carboxylic acids is 1. The summed E-state index contributed by atoms with van der Waals surface area (Å²) in [6.45, 7) is 4.75. The van der Waals surface area contributed by atoms with Crippen LogP contribution in [0.1, 0.15) is 28.4 Å². The molecule has 2 N–H and O–H groups in total. The lowest BCUT2D eigenvalue weighted by Gasteiger charge is -2.09. The molecule has 0 atom stereocenters. The van der Waals surface area contributed by atoms with Gasteiger partial charge in [-0.25, -0.2) is 0 Å². The van der Waals surface area contributed by atoms with Crippen LogP contribution in [0.4, 0.5) is 11.4 Å². The molecule has 2 aromatic rings. The fourth-order valence-corrected chi connectivity index (χ4v) is 1.96. The number of benzene rings is 2. The molecule has 4 nitrogen and oxygen atoms in total. The summed E-state index contributed by atoms with van der Waals surface area (Å²) in [6.07, 6.45) is 0. The minimum atomic E-state index is -0.184. The van der Waals surface area contributed by atoms with Crippen molar-refractivity contribution in [2.75, 3.05) is 17.2 Å². The topological polar surface area (TPSA) is 64.9 Å². The SMILES string of the molecule is CCNc1ccc(C(=O)Nc2cc(C#N)ccc2C)cc1. The van der Waals surface area contributed by atoms with Gasteiger partial charge >= 0.3 is 0 Å². The summed E-state index contributed by atoms with van der Waals surface area (Å²) in [7, 11) is 0. The number of anilines is 2. The van der Waals surface area contributed by atoms with Gasteiger partial charge in [0, 0.05) is 23.5 Å². The lowest BCUT2D eigenvalue weighted by atomic mass is 10.1.